The number of esters is 2. The Hall–Kier alpha value is -2.63. The van der Waals surface area contributed by atoms with Gasteiger partial charge in [0.2, 0.25) is 5.91 Å². The lowest BCUT2D eigenvalue weighted by Crippen LogP contribution is -2.46. The summed E-state index contributed by atoms with van der Waals surface area (Å²) >= 11 is 0. The molecule has 6 heteroatoms. The van der Waals surface area contributed by atoms with Gasteiger partial charge >= 0.3 is 11.9 Å². The molecule has 2 rings (SSSR count). The summed E-state index contributed by atoms with van der Waals surface area (Å²) in [5.74, 6) is -1.81. The van der Waals surface area contributed by atoms with Crippen LogP contribution in [0.15, 0.2) is 42.5 Å². The molecule has 0 aromatic heterocycles. The highest BCUT2D eigenvalue weighted by molar-refractivity contribution is 5.86. The number of cyclic esters (lactones) is 2. The van der Waals surface area contributed by atoms with Crippen LogP contribution in [0.4, 0.5) is 0 Å². The number of carbonyl (C=O) groups excluding carboxylic acids is 3. The lowest BCUT2D eigenvalue weighted by atomic mass is 10.0. The van der Waals surface area contributed by atoms with E-state index < -0.39 is 17.9 Å². The van der Waals surface area contributed by atoms with Gasteiger partial charge in [-0.05, 0) is 5.56 Å². The minimum absolute atomic E-state index is 0.0266. The van der Waals surface area contributed by atoms with E-state index in [1.807, 2.05) is 43.3 Å². The van der Waals surface area contributed by atoms with Crippen molar-refractivity contribution in [2.45, 2.75) is 32.7 Å². The second kappa shape index (κ2) is 9.75. The van der Waals surface area contributed by atoms with Crippen molar-refractivity contribution in [3.63, 3.8) is 0 Å². The molecule has 0 radical (unpaired) electrons. The van der Waals surface area contributed by atoms with Gasteiger partial charge in [0.05, 0.1) is 18.9 Å². The number of carbonyl (C=O) groups is 3. The van der Waals surface area contributed by atoms with Crippen LogP contribution < -0.4 is 5.32 Å². The first-order valence-corrected chi connectivity index (χ1v) is 8.79. The van der Waals surface area contributed by atoms with Gasteiger partial charge in [0, 0.05) is 12.3 Å². The van der Waals surface area contributed by atoms with Crippen molar-refractivity contribution in [3.05, 3.63) is 48.0 Å². The highest BCUT2D eigenvalue weighted by Crippen LogP contribution is 2.09. The molecule has 0 bridgehead atoms. The van der Waals surface area contributed by atoms with Crippen LogP contribution in [0.5, 0.6) is 0 Å². The summed E-state index contributed by atoms with van der Waals surface area (Å²) in [6.45, 7) is 3.69. The zero-order valence-corrected chi connectivity index (χ0v) is 15.1. The van der Waals surface area contributed by atoms with E-state index in [0.29, 0.717) is 6.42 Å². The average Bonchev–Trinajstić information content (AvgIpc) is 2.63. The summed E-state index contributed by atoms with van der Waals surface area (Å²) in [7, 11) is 0. The van der Waals surface area contributed by atoms with E-state index in [0.717, 1.165) is 5.56 Å². The predicted molar refractivity (Wildman–Crippen MR) is 96.1 cm³/mol. The quantitative estimate of drug-likeness (QED) is 0.645. The van der Waals surface area contributed by atoms with Crippen molar-refractivity contribution in [2.75, 3.05) is 13.2 Å². The molecule has 1 amide bonds. The molecule has 1 N–H and O–H groups in total. The SMILES string of the molecule is C[C@@H]1/C=C/CC(=O)OC[C@H](C)C(=O)N[C@@H](Cc2ccccc2)C(=O)OC1. The van der Waals surface area contributed by atoms with Crippen molar-refractivity contribution in [2.24, 2.45) is 11.8 Å². The zero-order valence-electron chi connectivity index (χ0n) is 15.1. The van der Waals surface area contributed by atoms with Crippen molar-refractivity contribution >= 4 is 17.8 Å². The van der Waals surface area contributed by atoms with Crippen LogP contribution in [0.1, 0.15) is 25.8 Å². The molecule has 3 atom stereocenters. The number of ether oxygens (including phenoxy) is 2. The third kappa shape index (κ3) is 6.35. The molecule has 0 unspecified atom stereocenters. The zero-order chi connectivity index (χ0) is 18.9. The molecule has 140 valence electrons. The third-order valence-electron chi connectivity index (χ3n) is 4.06. The van der Waals surface area contributed by atoms with Crippen molar-refractivity contribution in [3.8, 4) is 0 Å². The second-order valence-corrected chi connectivity index (χ2v) is 6.57. The normalized spacial score (nSPS) is 26.8. The van der Waals surface area contributed by atoms with E-state index in [1.54, 1.807) is 13.0 Å². The number of benzene rings is 1. The standard InChI is InChI=1S/C20H25NO5/c1-14-7-6-10-18(22)25-13-15(2)19(23)21-17(20(24)26-12-14)11-16-8-4-3-5-9-16/h3-9,14-15,17H,10-13H2,1-2H3,(H,21,23)/b7-6+/t14-,15+,17+/m1/s1. The third-order valence-corrected chi connectivity index (χ3v) is 4.06. The molecule has 0 saturated carbocycles. The maximum Gasteiger partial charge on any atom is 0.329 e. The Morgan fingerprint density at radius 2 is 1.77 bits per heavy atom. The molecule has 0 saturated heterocycles. The van der Waals surface area contributed by atoms with Crippen LogP contribution >= 0.6 is 0 Å². The van der Waals surface area contributed by atoms with Crippen molar-refractivity contribution < 1.29 is 23.9 Å². The second-order valence-electron chi connectivity index (χ2n) is 6.57. The number of nitrogens with one attached hydrogen (secondary N) is 1. The van der Waals surface area contributed by atoms with E-state index >= 15 is 0 Å². The molecule has 1 heterocycles. The smallest absolute Gasteiger partial charge is 0.329 e. The van der Waals surface area contributed by atoms with Crippen LogP contribution in [-0.2, 0) is 30.3 Å². The fourth-order valence-corrected chi connectivity index (χ4v) is 2.48. The molecule has 1 aromatic carbocycles. The van der Waals surface area contributed by atoms with Gasteiger partial charge in [0.1, 0.15) is 12.6 Å². The molecular formula is C20H25NO5. The molecule has 0 fully saturated rings. The van der Waals surface area contributed by atoms with Gasteiger partial charge in [-0.2, -0.15) is 0 Å². The van der Waals surface area contributed by atoms with Crippen LogP contribution in [0.3, 0.4) is 0 Å². The van der Waals surface area contributed by atoms with Gasteiger partial charge < -0.3 is 14.8 Å². The average molecular weight is 359 g/mol. The fraction of sp³-hybridized carbons (Fsp3) is 0.450. The number of amides is 1. The largest absolute Gasteiger partial charge is 0.465 e. The van der Waals surface area contributed by atoms with Crippen LogP contribution in [-0.4, -0.2) is 37.1 Å². The molecule has 0 aliphatic carbocycles. The topological polar surface area (TPSA) is 81.7 Å². The summed E-state index contributed by atoms with van der Waals surface area (Å²) in [4.78, 5) is 36.5. The summed E-state index contributed by atoms with van der Waals surface area (Å²) in [6.07, 6.45) is 3.97. The number of rotatable bonds is 2. The van der Waals surface area contributed by atoms with E-state index in [4.69, 9.17) is 9.47 Å². The molecule has 1 aromatic rings. The minimum atomic E-state index is -0.790. The van der Waals surface area contributed by atoms with Gasteiger partial charge in [-0.25, -0.2) is 4.79 Å². The first kappa shape index (κ1) is 19.7. The molecular weight excluding hydrogens is 334 g/mol. The fourth-order valence-electron chi connectivity index (χ4n) is 2.48. The van der Waals surface area contributed by atoms with Gasteiger partial charge in [0.25, 0.3) is 0 Å². The minimum Gasteiger partial charge on any atom is -0.465 e. The van der Waals surface area contributed by atoms with Gasteiger partial charge in [0.15, 0.2) is 0 Å². The lowest BCUT2D eigenvalue weighted by Gasteiger charge is -2.21. The Bertz CT molecular complexity index is 655. The maximum absolute atomic E-state index is 12.5. The first-order valence-electron chi connectivity index (χ1n) is 8.79. The Morgan fingerprint density at radius 1 is 1.04 bits per heavy atom. The molecule has 26 heavy (non-hydrogen) atoms. The lowest BCUT2D eigenvalue weighted by molar-refractivity contribution is -0.150. The van der Waals surface area contributed by atoms with Gasteiger partial charge in [-0.15, -0.1) is 0 Å². The molecule has 1 aliphatic heterocycles. The molecule has 1 aliphatic rings. The Balaban J connectivity index is 2.14. The van der Waals surface area contributed by atoms with Crippen LogP contribution in [0, 0.1) is 11.8 Å². The van der Waals surface area contributed by atoms with Crippen molar-refractivity contribution in [1.82, 2.24) is 5.32 Å². The van der Waals surface area contributed by atoms with Crippen LogP contribution in [0.25, 0.3) is 0 Å². The summed E-state index contributed by atoms with van der Waals surface area (Å²) in [6, 6.07) is 8.63. The first-order chi connectivity index (χ1) is 12.5. The highest BCUT2D eigenvalue weighted by atomic mass is 16.5. The van der Waals surface area contributed by atoms with Crippen molar-refractivity contribution in [1.29, 1.82) is 0 Å². The predicted octanol–water partition coefficient (Wildman–Crippen LogP) is 2.03. The highest BCUT2D eigenvalue weighted by Gasteiger charge is 2.26. The van der Waals surface area contributed by atoms with Gasteiger partial charge in [-0.1, -0.05) is 56.3 Å². The monoisotopic (exact) mass is 359 g/mol. The van der Waals surface area contributed by atoms with Gasteiger partial charge in [-0.3, -0.25) is 9.59 Å². The van der Waals surface area contributed by atoms with E-state index in [-0.39, 0.29) is 37.4 Å². The Labute approximate surface area is 153 Å². The number of hydrogen-bond acceptors (Lipinski definition) is 5. The molecule has 6 nitrogen and oxygen atoms in total. The summed E-state index contributed by atoms with van der Waals surface area (Å²) in [5.41, 5.74) is 0.919. The molecule has 0 spiro atoms. The van der Waals surface area contributed by atoms with Crippen LogP contribution in [0.2, 0.25) is 0 Å². The summed E-state index contributed by atoms with van der Waals surface area (Å²) < 4.78 is 10.5. The number of hydrogen-bond donors (Lipinski definition) is 1. The van der Waals surface area contributed by atoms with E-state index in [9.17, 15) is 14.4 Å². The maximum atomic E-state index is 12.5. The van der Waals surface area contributed by atoms with E-state index in [1.165, 1.54) is 0 Å². The van der Waals surface area contributed by atoms with E-state index in [2.05, 4.69) is 5.32 Å². The Morgan fingerprint density at radius 3 is 2.50 bits per heavy atom. The summed E-state index contributed by atoms with van der Waals surface area (Å²) in [5, 5.41) is 2.73. The Kier molecular flexibility index (Phi) is 7.38.